The number of aliphatic hydroxyl groups is 1. The monoisotopic (exact) mass is 328 g/mol. The molecule has 1 aromatic carbocycles. The molecule has 3 N–H and O–H groups in total. The van der Waals surface area contributed by atoms with Gasteiger partial charge in [0.2, 0.25) is 0 Å². The first-order valence-corrected chi connectivity index (χ1v) is 8.25. The second-order valence-electron chi connectivity index (χ2n) is 5.23. The summed E-state index contributed by atoms with van der Waals surface area (Å²) in [4.78, 5) is 23.3. The maximum Gasteiger partial charge on any atom is 0.309 e. The molecule has 7 heteroatoms. The number of nitrogens with one attached hydrogen (secondary N) is 2. The van der Waals surface area contributed by atoms with Gasteiger partial charge in [-0.3, -0.25) is 9.59 Å². The Labute approximate surface area is 133 Å². The Balaban J connectivity index is 2.35. The molecule has 22 heavy (non-hydrogen) atoms. The van der Waals surface area contributed by atoms with E-state index in [1.165, 1.54) is 24.3 Å². The highest BCUT2D eigenvalue weighted by atomic mass is 32.2. The molecule has 0 aliphatic carbocycles. The van der Waals surface area contributed by atoms with Gasteiger partial charge in [-0.25, -0.2) is 4.39 Å². The zero-order valence-corrected chi connectivity index (χ0v) is 13.5. The molecule has 1 aromatic rings. The summed E-state index contributed by atoms with van der Waals surface area (Å²) in [5.41, 5.74) is -0.356. The molecular formula is C15H21FN2O3S. The Kier molecular flexibility index (Phi) is 7.34. The first-order valence-electron chi connectivity index (χ1n) is 6.86. The van der Waals surface area contributed by atoms with E-state index in [0.29, 0.717) is 12.0 Å². The zero-order chi connectivity index (χ0) is 16.6. The largest absolute Gasteiger partial charge is 0.388 e. The van der Waals surface area contributed by atoms with Gasteiger partial charge in [0.15, 0.2) is 0 Å². The van der Waals surface area contributed by atoms with Crippen LogP contribution in [0.3, 0.4) is 0 Å². The smallest absolute Gasteiger partial charge is 0.309 e. The number of benzene rings is 1. The van der Waals surface area contributed by atoms with Crippen LogP contribution in [0.25, 0.3) is 0 Å². The Morgan fingerprint density at radius 2 is 1.82 bits per heavy atom. The van der Waals surface area contributed by atoms with Crippen molar-refractivity contribution in [3.63, 3.8) is 0 Å². The van der Waals surface area contributed by atoms with Crippen LogP contribution >= 0.6 is 11.8 Å². The van der Waals surface area contributed by atoms with Gasteiger partial charge in [-0.15, -0.1) is 0 Å². The van der Waals surface area contributed by atoms with E-state index in [9.17, 15) is 19.1 Å². The van der Waals surface area contributed by atoms with E-state index < -0.39 is 17.4 Å². The number of thioether (sulfide) groups is 1. The number of hydrogen-bond donors (Lipinski definition) is 3. The van der Waals surface area contributed by atoms with Crippen LogP contribution in [0.2, 0.25) is 0 Å². The van der Waals surface area contributed by atoms with Gasteiger partial charge >= 0.3 is 11.8 Å². The Morgan fingerprint density at radius 3 is 2.41 bits per heavy atom. The molecule has 0 saturated heterocycles. The van der Waals surface area contributed by atoms with E-state index in [4.69, 9.17) is 0 Å². The molecular weight excluding hydrogens is 307 g/mol. The Hall–Kier alpha value is -1.60. The van der Waals surface area contributed by atoms with Gasteiger partial charge in [0.1, 0.15) is 5.82 Å². The van der Waals surface area contributed by atoms with Gasteiger partial charge in [-0.05, 0) is 43.0 Å². The van der Waals surface area contributed by atoms with Crippen molar-refractivity contribution in [3.8, 4) is 0 Å². The third-order valence-corrected chi connectivity index (χ3v) is 3.66. The quantitative estimate of drug-likeness (QED) is 0.654. The van der Waals surface area contributed by atoms with Crippen LogP contribution in [0.1, 0.15) is 18.9 Å². The lowest BCUT2D eigenvalue weighted by Crippen LogP contribution is -2.46. The van der Waals surface area contributed by atoms with Crippen molar-refractivity contribution in [2.45, 2.75) is 25.5 Å². The van der Waals surface area contributed by atoms with Crippen LogP contribution in [0.15, 0.2) is 24.3 Å². The number of halogens is 1. The third kappa shape index (κ3) is 6.91. The summed E-state index contributed by atoms with van der Waals surface area (Å²) in [5.74, 6) is -1.18. The van der Waals surface area contributed by atoms with Crippen molar-refractivity contribution < 1.29 is 19.1 Å². The van der Waals surface area contributed by atoms with E-state index >= 15 is 0 Å². The highest BCUT2D eigenvalue weighted by Gasteiger charge is 2.22. The van der Waals surface area contributed by atoms with Gasteiger partial charge in [0.25, 0.3) is 0 Å². The molecule has 0 spiro atoms. The molecule has 0 saturated carbocycles. The second kappa shape index (κ2) is 8.75. The maximum absolute atomic E-state index is 12.7. The van der Waals surface area contributed by atoms with Gasteiger partial charge < -0.3 is 15.7 Å². The van der Waals surface area contributed by atoms with E-state index in [1.54, 1.807) is 18.7 Å². The van der Waals surface area contributed by atoms with E-state index in [2.05, 4.69) is 10.6 Å². The van der Waals surface area contributed by atoms with Crippen LogP contribution in [-0.2, 0) is 16.1 Å². The molecule has 5 nitrogen and oxygen atoms in total. The molecule has 0 bridgehead atoms. The molecule has 0 radical (unpaired) electrons. The first kappa shape index (κ1) is 18.4. The van der Waals surface area contributed by atoms with Gasteiger partial charge in [0.05, 0.1) is 5.60 Å². The molecule has 0 aliphatic heterocycles. The van der Waals surface area contributed by atoms with Crippen molar-refractivity contribution in [1.29, 1.82) is 0 Å². The molecule has 122 valence electrons. The highest BCUT2D eigenvalue weighted by molar-refractivity contribution is 7.98. The predicted molar refractivity (Wildman–Crippen MR) is 84.9 cm³/mol. The van der Waals surface area contributed by atoms with Crippen molar-refractivity contribution in [2.75, 3.05) is 18.6 Å². The molecule has 0 aromatic heterocycles. The molecule has 0 unspecified atom stereocenters. The van der Waals surface area contributed by atoms with E-state index in [-0.39, 0.29) is 18.9 Å². The average Bonchev–Trinajstić information content (AvgIpc) is 2.50. The van der Waals surface area contributed by atoms with Gasteiger partial charge in [-0.1, -0.05) is 12.1 Å². The molecule has 1 atom stereocenters. The number of amides is 2. The SMILES string of the molecule is CSCC[C@](C)(O)CNC(=O)C(=O)NCc1ccc(F)cc1. The van der Waals surface area contributed by atoms with Crippen molar-refractivity contribution in [1.82, 2.24) is 10.6 Å². The fourth-order valence-electron chi connectivity index (χ4n) is 1.63. The molecule has 1 rings (SSSR count). The van der Waals surface area contributed by atoms with Crippen LogP contribution in [0.5, 0.6) is 0 Å². The predicted octanol–water partition coefficient (Wildman–Crippen LogP) is 1.06. The van der Waals surface area contributed by atoms with Crippen molar-refractivity contribution in [2.24, 2.45) is 0 Å². The number of carbonyl (C=O) groups excluding carboxylic acids is 2. The standard InChI is InChI=1S/C15H21FN2O3S/c1-15(21,7-8-22-2)10-18-14(20)13(19)17-9-11-3-5-12(16)6-4-11/h3-6,21H,7-10H2,1-2H3,(H,17,19)(H,18,20)/t15-/m0/s1. The fraction of sp³-hybridized carbons (Fsp3) is 0.467. The number of hydrogen-bond acceptors (Lipinski definition) is 4. The lowest BCUT2D eigenvalue weighted by Gasteiger charge is -2.23. The normalized spacial score (nSPS) is 13.3. The highest BCUT2D eigenvalue weighted by Crippen LogP contribution is 2.11. The summed E-state index contributed by atoms with van der Waals surface area (Å²) in [6.45, 7) is 1.76. The summed E-state index contributed by atoms with van der Waals surface area (Å²) < 4.78 is 12.7. The van der Waals surface area contributed by atoms with Crippen LogP contribution in [0, 0.1) is 5.82 Å². The Bertz CT molecular complexity index is 506. The minimum Gasteiger partial charge on any atom is -0.388 e. The summed E-state index contributed by atoms with van der Waals surface area (Å²) in [6, 6.07) is 5.62. The topological polar surface area (TPSA) is 78.4 Å². The lowest BCUT2D eigenvalue weighted by molar-refractivity contribution is -0.139. The third-order valence-electron chi connectivity index (χ3n) is 3.05. The molecule has 2 amide bonds. The minimum atomic E-state index is -1.05. The molecule has 0 fully saturated rings. The van der Waals surface area contributed by atoms with Gasteiger partial charge in [-0.2, -0.15) is 11.8 Å². The summed E-state index contributed by atoms with van der Waals surface area (Å²) >= 11 is 1.60. The van der Waals surface area contributed by atoms with E-state index in [0.717, 1.165) is 5.75 Å². The second-order valence-corrected chi connectivity index (χ2v) is 6.22. The van der Waals surface area contributed by atoms with Crippen LogP contribution < -0.4 is 10.6 Å². The maximum atomic E-state index is 12.7. The van der Waals surface area contributed by atoms with E-state index in [1.807, 2.05) is 6.26 Å². The number of rotatable bonds is 7. The number of carbonyl (C=O) groups is 2. The summed E-state index contributed by atoms with van der Waals surface area (Å²) in [6.07, 6.45) is 2.45. The first-order chi connectivity index (χ1) is 10.3. The van der Waals surface area contributed by atoms with Gasteiger partial charge in [0, 0.05) is 13.1 Å². The van der Waals surface area contributed by atoms with Crippen molar-refractivity contribution >= 4 is 23.6 Å². The van der Waals surface area contributed by atoms with Crippen LogP contribution in [0.4, 0.5) is 4.39 Å². The molecule has 0 heterocycles. The summed E-state index contributed by atoms with van der Waals surface area (Å²) in [7, 11) is 0. The average molecular weight is 328 g/mol. The zero-order valence-electron chi connectivity index (χ0n) is 12.7. The minimum absolute atomic E-state index is 0.0103. The Morgan fingerprint density at radius 1 is 1.23 bits per heavy atom. The van der Waals surface area contributed by atoms with Crippen molar-refractivity contribution in [3.05, 3.63) is 35.6 Å². The summed E-state index contributed by atoms with van der Waals surface area (Å²) in [5, 5.41) is 14.9. The van der Waals surface area contributed by atoms with Crippen LogP contribution in [-0.4, -0.2) is 41.1 Å². The molecule has 0 aliphatic rings. The lowest BCUT2D eigenvalue weighted by atomic mass is 10.0. The fourth-order valence-corrected chi connectivity index (χ4v) is 2.27.